The summed E-state index contributed by atoms with van der Waals surface area (Å²) in [6.07, 6.45) is 1.92. The van der Waals surface area contributed by atoms with Crippen molar-refractivity contribution in [2.75, 3.05) is 0 Å². The van der Waals surface area contributed by atoms with E-state index in [2.05, 4.69) is 29.4 Å². The number of fused-ring (bicyclic) bond motifs is 5. The van der Waals surface area contributed by atoms with Crippen molar-refractivity contribution in [2.45, 2.75) is 0 Å². The average Bonchev–Trinajstić information content (AvgIpc) is 3.02. The van der Waals surface area contributed by atoms with Gasteiger partial charge in [0.15, 0.2) is 0 Å². The van der Waals surface area contributed by atoms with Crippen molar-refractivity contribution in [3.63, 3.8) is 0 Å². The minimum absolute atomic E-state index is 0.849. The first kappa shape index (κ1) is 13.1. The van der Waals surface area contributed by atoms with Gasteiger partial charge in [-0.05, 0) is 30.3 Å². The van der Waals surface area contributed by atoms with Crippen LogP contribution in [0.2, 0.25) is 0 Å². The highest BCUT2D eigenvalue weighted by Gasteiger charge is 2.24. The van der Waals surface area contributed by atoms with Gasteiger partial charge in [-0.1, -0.05) is 48.5 Å². The Morgan fingerprint density at radius 3 is 2.04 bits per heavy atom. The highest BCUT2D eigenvalue weighted by Crippen LogP contribution is 2.46. The SMILES string of the molecule is c1ccc(-n2ncc3c2-c2ccccc2Oc2ccccc2-3)cc1. The fourth-order valence-corrected chi connectivity index (χ4v) is 3.22. The summed E-state index contributed by atoms with van der Waals surface area (Å²) < 4.78 is 8.18. The van der Waals surface area contributed by atoms with Crippen molar-refractivity contribution in [3.8, 4) is 39.6 Å². The molecule has 3 nitrogen and oxygen atoms in total. The molecule has 24 heavy (non-hydrogen) atoms. The fraction of sp³-hybridized carbons (Fsp3) is 0. The second kappa shape index (κ2) is 5.10. The third-order valence-corrected chi connectivity index (χ3v) is 4.31. The molecule has 0 aliphatic carbocycles. The molecule has 3 aromatic carbocycles. The van der Waals surface area contributed by atoms with E-state index in [4.69, 9.17) is 4.74 Å². The van der Waals surface area contributed by atoms with Gasteiger partial charge in [0.1, 0.15) is 11.5 Å². The molecule has 0 spiro atoms. The summed E-state index contributed by atoms with van der Waals surface area (Å²) in [6, 6.07) is 26.4. The summed E-state index contributed by atoms with van der Waals surface area (Å²) in [5, 5.41) is 4.67. The summed E-state index contributed by atoms with van der Waals surface area (Å²) >= 11 is 0. The lowest BCUT2D eigenvalue weighted by atomic mass is 10.0. The summed E-state index contributed by atoms with van der Waals surface area (Å²) in [4.78, 5) is 0. The Morgan fingerprint density at radius 2 is 1.25 bits per heavy atom. The van der Waals surface area contributed by atoms with Crippen molar-refractivity contribution >= 4 is 0 Å². The molecule has 0 bridgehead atoms. The number of hydrogen-bond acceptors (Lipinski definition) is 2. The molecule has 1 aliphatic rings. The average molecular weight is 310 g/mol. The maximum Gasteiger partial charge on any atom is 0.136 e. The van der Waals surface area contributed by atoms with Crippen LogP contribution in [0.15, 0.2) is 85.1 Å². The van der Waals surface area contributed by atoms with Crippen LogP contribution in [0.4, 0.5) is 0 Å². The van der Waals surface area contributed by atoms with Crippen LogP contribution >= 0.6 is 0 Å². The van der Waals surface area contributed by atoms with Gasteiger partial charge in [0.25, 0.3) is 0 Å². The van der Waals surface area contributed by atoms with Crippen LogP contribution in [-0.4, -0.2) is 9.78 Å². The van der Waals surface area contributed by atoms with Crippen LogP contribution in [0, 0.1) is 0 Å². The minimum atomic E-state index is 0.849. The van der Waals surface area contributed by atoms with Crippen LogP contribution < -0.4 is 4.74 Å². The lowest BCUT2D eigenvalue weighted by Gasteiger charge is -2.11. The highest BCUT2D eigenvalue weighted by molar-refractivity contribution is 5.89. The van der Waals surface area contributed by atoms with Crippen LogP contribution in [-0.2, 0) is 0 Å². The van der Waals surface area contributed by atoms with Crippen molar-refractivity contribution in [1.29, 1.82) is 0 Å². The van der Waals surface area contributed by atoms with Gasteiger partial charge in [-0.2, -0.15) is 5.10 Å². The summed E-state index contributed by atoms with van der Waals surface area (Å²) in [7, 11) is 0. The maximum atomic E-state index is 6.19. The van der Waals surface area contributed by atoms with E-state index < -0.39 is 0 Å². The zero-order chi connectivity index (χ0) is 15.9. The molecule has 0 unspecified atom stereocenters. The molecule has 5 rings (SSSR count). The lowest BCUT2D eigenvalue weighted by Crippen LogP contribution is -1.99. The second-order valence-corrected chi connectivity index (χ2v) is 5.75. The van der Waals surface area contributed by atoms with E-state index in [9.17, 15) is 0 Å². The predicted octanol–water partition coefficient (Wildman–Crippen LogP) is 5.31. The van der Waals surface area contributed by atoms with Gasteiger partial charge in [0, 0.05) is 16.7 Å². The third-order valence-electron chi connectivity index (χ3n) is 4.31. The molecule has 2 heterocycles. The smallest absolute Gasteiger partial charge is 0.136 e. The molecule has 0 saturated heterocycles. The van der Waals surface area contributed by atoms with Crippen LogP contribution in [0.1, 0.15) is 0 Å². The van der Waals surface area contributed by atoms with Gasteiger partial charge in [-0.25, -0.2) is 4.68 Å². The number of para-hydroxylation sites is 3. The topological polar surface area (TPSA) is 27.1 Å². The molecular formula is C21H14N2O. The molecule has 1 aromatic heterocycles. The summed E-state index contributed by atoms with van der Waals surface area (Å²) in [6.45, 7) is 0. The van der Waals surface area contributed by atoms with Gasteiger partial charge in [0.05, 0.1) is 17.6 Å². The third kappa shape index (κ3) is 1.88. The zero-order valence-corrected chi connectivity index (χ0v) is 12.9. The highest BCUT2D eigenvalue weighted by atomic mass is 16.5. The normalized spacial score (nSPS) is 11.7. The Balaban J connectivity index is 1.88. The predicted molar refractivity (Wildman–Crippen MR) is 94.5 cm³/mol. The molecule has 4 aromatic rings. The van der Waals surface area contributed by atoms with E-state index >= 15 is 0 Å². The van der Waals surface area contributed by atoms with E-state index in [1.165, 1.54) is 0 Å². The molecule has 0 fully saturated rings. The maximum absolute atomic E-state index is 6.19. The zero-order valence-electron chi connectivity index (χ0n) is 12.9. The number of benzene rings is 3. The molecule has 0 saturated carbocycles. The molecule has 0 radical (unpaired) electrons. The monoisotopic (exact) mass is 310 g/mol. The van der Waals surface area contributed by atoms with Crippen molar-refractivity contribution in [3.05, 3.63) is 85.1 Å². The van der Waals surface area contributed by atoms with Gasteiger partial charge in [-0.15, -0.1) is 0 Å². The first-order valence-electron chi connectivity index (χ1n) is 7.92. The van der Waals surface area contributed by atoms with Crippen LogP contribution in [0.5, 0.6) is 11.5 Å². The Labute approximate surface area is 139 Å². The van der Waals surface area contributed by atoms with Crippen LogP contribution in [0.25, 0.3) is 28.1 Å². The molecule has 0 amide bonds. The molecular weight excluding hydrogens is 296 g/mol. The minimum Gasteiger partial charge on any atom is -0.456 e. The first-order valence-corrected chi connectivity index (χ1v) is 7.92. The number of rotatable bonds is 1. The van der Waals surface area contributed by atoms with E-state index in [0.717, 1.165) is 39.6 Å². The number of aromatic nitrogens is 2. The van der Waals surface area contributed by atoms with Gasteiger partial charge in [0.2, 0.25) is 0 Å². The molecule has 0 atom stereocenters. The summed E-state index contributed by atoms with van der Waals surface area (Å²) in [5.41, 5.74) is 5.28. The lowest BCUT2D eigenvalue weighted by molar-refractivity contribution is 0.487. The van der Waals surface area contributed by atoms with E-state index in [-0.39, 0.29) is 0 Å². The molecule has 3 heteroatoms. The largest absolute Gasteiger partial charge is 0.456 e. The van der Waals surface area contributed by atoms with Crippen molar-refractivity contribution in [1.82, 2.24) is 9.78 Å². The van der Waals surface area contributed by atoms with Crippen molar-refractivity contribution in [2.24, 2.45) is 0 Å². The Kier molecular flexibility index (Phi) is 2.79. The van der Waals surface area contributed by atoms with E-state index in [0.29, 0.717) is 0 Å². The number of ether oxygens (including phenoxy) is 1. The Hall–Kier alpha value is -3.33. The Morgan fingerprint density at radius 1 is 0.625 bits per heavy atom. The van der Waals surface area contributed by atoms with Crippen molar-refractivity contribution < 1.29 is 4.74 Å². The fourth-order valence-electron chi connectivity index (χ4n) is 3.22. The Bertz CT molecular complexity index is 1030. The second-order valence-electron chi connectivity index (χ2n) is 5.75. The van der Waals surface area contributed by atoms with Gasteiger partial charge >= 0.3 is 0 Å². The molecule has 114 valence electrons. The first-order chi connectivity index (χ1) is 11.9. The van der Waals surface area contributed by atoms with Gasteiger partial charge in [-0.3, -0.25) is 0 Å². The quantitative estimate of drug-likeness (QED) is 0.419. The number of nitrogens with zero attached hydrogens (tertiary/aromatic N) is 2. The van der Waals surface area contributed by atoms with E-state index in [1.54, 1.807) is 0 Å². The van der Waals surface area contributed by atoms with Gasteiger partial charge < -0.3 is 4.74 Å². The van der Waals surface area contributed by atoms with E-state index in [1.807, 2.05) is 65.5 Å². The van der Waals surface area contributed by atoms with Crippen LogP contribution in [0.3, 0.4) is 0 Å². The standard InChI is InChI=1S/C21H14N2O/c1-2-8-15(9-3-1)23-21-17-11-5-7-13-20(17)24-19-12-6-4-10-16(19)18(21)14-22-23/h1-14H. The summed E-state index contributed by atoms with van der Waals surface area (Å²) in [5.74, 6) is 1.71. The molecule has 1 aliphatic heterocycles. The number of hydrogen-bond donors (Lipinski definition) is 0. The molecule has 0 N–H and O–H groups in total.